The van der Waals surface area contributed by atoms with Crippen molar-refractivity contribution in [1.82, 2.24) is 10.2 Å². The molecule has 20 heavy (non-hydrogen) atoms. The van der Waals surface area contributed by atoms with Crippen LogP contribution in [0.5, 0.6) is 0 Å². The van der Waals surface area contributed by atoms with Crippen LogP contribution >= 0.6 is 0 Å². The number of benzene rings is 1. The van der Waals surface area contributed by atoms with E-state index in [2.05, 4.69) is 15.5 Å². The van der Waals surface area contributed by atoms with Crippen LogP contribution in [0.1, 0.15) is 20.8 Å². The molecule has 1 heterocycles. The van der Waals surface area contributed by atoms with E-state index in [1.165, 1.54) is 0 Å². The third-order valence-corrected chi connectivity index (χ3v) is 2.39. The van der Waals surface area contributed by atoms with E-state index in [9.17, 15) is 4.79 Å². The van der Waals surface area contributed by atoms with Gasteiger partial charge < -0.3 is 4.74 Å². The Bertz CT molecular complexity index is 592. The van der Waals surface area contributed by atoms with E-state index in [0.29, 0.717) is 5.82 Å². The molecule has 5 heteroatoms. The van der Waals surface area contributed by atoms with Crippen molar-refractivity contribution < 1.29 is 9.53 Å². The first kappa shape index (κ1) is 14.0. The number of rotatable bonds is 2. The molecule has 1 aromatic carbocycles. The van der Waals surface area contributed by atoms with Gasteiger partial charge in [0.1, 0.15) is 5.60 Å². The Labute approximate surface area is 118 Å². The Morgan fingerprint density at radius 1 is 1.15 bits per heavy atom. The predicted octanol–water partition coefficient (Wildman–Crippen LogP) is 3.49. The topological polar surface area (TPSA) is 64.1 Å². The van der Waals surface area contributed by atoms with Gasteiger partial charge in [0, 0.05) is 5.56 Å². The molecule has 0 atom stereocenters. The van der Waals surface area contributed by atoms with E-state index >= 15 is 0 Å². The maximum atomic E-state index is 11.7. The highest BCUT2D eigenvalue weighted by molar-refractivity contribution is 5.84. The van der Waals surface area contributed by atoms with Gasteiger partial charge in [0.2, 0.25) is 0 Å². The van der Waals surface area contributed by atoms with Gasteiger partial charge in [-0.25, -0.2) is 4.79 Å². The molecule has 2 rings (SSSR count). The third kappa shape index (κ3) is 4.05. The first-order chi connectivity index (χ1) is 9.44. The molecule has 1 aromatic heterocycles. The minimum absolute atomic E-state index is 0.362. The van der Waals surface area contributed by atoms with E-state index < -0.39 is 11.7 Å². The number of hydrogen-bond acceptors (Lipinski definition) is 4. The number of anilines is 1. The van der Waals surface area contributed by atoms with Crippen molar-refractivity contribution in [1.29, 1.82) is 0 Å². The molecule has 1 N–H and O–H groups in total. The summed E-state index contributed by atoms with van der Waals surface area (Å²) in [6.45, 7) is 5.41. The fourth-order valence-electron chi connectivity index (χ4n) is 1.62. The number of hydrogen-bond donors (Lipinski definition) is 1. The standard InChI is InChI=1S/C15H17N3O2/c1-15(2,3)20-14(19)17-13-9-12(10-16-18-13)11-7-5-4-6-8-11/h4-10H,1-3H3,(H,17,18,19). The Morgan fingerprint density at radius 3 is 2.50 bits per heavy atom. The molecule has 0 aliphatic heterocycles. The fourth-order valence-corrected chi connectivity index (χ4v) is 1.62. The van der Waals surface area contributed by atoms with E-state index in [0.717, 1.165) is 11.1 Å². The second-order valence-electron chi connectivity index (χ2n) is 5.32. The lowest BCUT2D eigenvalue weighted by Crippen LogP contribution is -2.27. The first-order valence-corrected chi connectivity index (χ1v) is 6.32. The van der Waals surface area contributed by atoms with Crippen LogP contribution in [0.2, 0.25) is 0 Å². The van der Waals surface area contributed by atoms with Crippen LogP contribution in [-0.2, 0) is 4.74 Å². The van der Waals surface area contributed by atoms with Crippen LogP contribution < -0.4 is 5.32 Å². The maximum absolute atomic E-state index is 11.7. The zero-order valence-electron chi connectivity index (χ0n) is 11.8. The molecular formula is C15H17N3O2. The molecule has 0 bridgehead atoms. The second-order valence-corrected chi connectivity index (χ2v) is 5.32. The summed E-state index contributed by atoms with van der Waals surface area (Å²) in [5.41, 5.74) is 1.34. The largest absolute Gasteiger partial charge is 0.444 e. The second kappa shape index (κ2) is 5.69. The Balaban J connectivity index is 2.13. The zero-order valence-corrected chi connectivity index (χ0v) is 11.8. The Kier molecular flexibility index (Phi) is 3.98. The normalized spacial score (nSPS) is 10.9. The quantitative estimate of drug-likeness (QED) is 0.908. The van der Waals surface area contributed by atoms with Gasteiger partial charge in [0.25, 0.3) is 0 Å². The Hall–Kier alpha value is -2.43. The number of carbonyl (C=O) groups is 1. The molecule has 5 nitrogen and oxygen atoms in total. The SMILES string of the molecule is CC(C)(C)OC(=O)Nc1cc(-c2ccccc2)cnn1. The average molecular weight is 271 g/mol. The van der Waals surface area contributed by atoms with Crippen molar-refractivity contribution in [2.45, 2.75) is 26.4 Å². The molecular weight excluding hydrogens is 254 g/mol. The van der Waals surface area contributed by atoms with Crippen molar-refractivity contribution in [3.8, 4) is 11.1 Å². The van der Waals surface area contributed by atoms with E-state index in [4.69, 9.17) is 4.74 Å². The van der Waals surface area contributed by atoms with Crippen LogP contribution in [0.3, 0.4) is 0 Å². The van der Waals surface area contributed by atoms with Gasteiger partial charge >= 0.3 is 6.09 Å². The number of nitrogens with zero attached hydrogens (tertiary/aromatic N) is 2. The van der Waals surface area contributed by atoms with Crippen LogP contribution in [0.15, 0.2) is 42.6 Å². The van der Waals surface area contributed by atoms with Crippen LogP contribution in [0.25, 0.3) is 11.1 Å². The lowest BCUT2D eigenvalue weighted by Gasteiger charge is -2.19. The van der Waals surface area contributed by atoms with Crippen LogP contribution in [-0.4, -0.2) is 21.9 Å². The summed E-state index contributed by atoms with van der Waals surface area (Å²) in [4.78, 5) is 11.7. The molecule has 0 radical (unpaired) electrons. The van der Waals surface area contributed by atoms with Gasteiger partial charge in [0.05, 0.1) is 6.20 Å². The monoisotopic (exact) mass is 271 g/mol. The zero-order chi connectivity index (χ0) is 14.6. The highest BCUT2D eigenvalue weighted by atomic mass is 16.6. The summed E-state index contributed by atoms with van der Waals surface area (Å²) < 4.78 is 5.17. The highest BCUT2D eigenvalue weighted by Gasteiger charge is 2.16. The maximum Gasteiger partial charge on any atom is 0.413 e. The summed E-state index contributed by atoms with van der Waals surface area (Å²) in [5, 5.41) is 10.3. The van der Waals surface area contributed by atoms with Crippen molar-refractivity contribution in [3.05, 3.63) is 42.6 Å². The summed E-state index contributed by atoms with van der Waals surface area (Å²) >= 11 is 0. The van der Waals surface area contributed by atoms with Gasteiger partial charge in [-0.05, 0) is 32.4 Å². The van der Waals surface area contributed by atoms with Gasteiger partial charge in [0.15, 0.2) is 5.82 Å². The Morgan fingerprint density at radius 2 is 1.85 bits per heavy atom. The minimum Gasteiger partial charge on any atom is -0.444 e. The van der Waals surface area contributed by atoms with Gasteiger partial charge in [-0.2, -0.15) is 5.10 Å². The van der Waals surface area contributed by atoms with Crippen LogP contribution in [0.4, 0.5) is 10.6 Å². The first-order valence-electron chi connectivity index (χ1n) is 6.32. The van der Waals surface area contributed by atoms with Crippen molar-refractivity contribution in [3.63, 3.8) is 0 Å². The third-order valence-electron chi connectivity index (χ3n) is 2.39. The minimum atomic E-state index is -0.547. The van der Waals surface area contributed by atoms with E-state index in [1.54, 1.807) is 33.0 Å². The number of carbonyl (C=O) groups excluding carboxylic acids is 1. The van der Waals surface area contributed by atoms with Crippen molar-refractivity contribution in [2.75, 3.05) is 5.32 Å². The molecule has 0 aliphatic rings. The summed E-state index contributed by atoms with van der Waals surface area (Å²) in [5.74, 6) is 0.362. The molecule has 0 saturated heterocycles. The van der Waals surface area contributed by atoms with Gasteiger partial charge in [-0.15, -0.1) is 5.10 Å². The lowest BCUT2D eigenvalue weighted by molar-refractivity contribution is 0.0635. The number of aromatic nitrogens is 2. The van der Waals surface area contributed by atoms with Gasteiger partial charge in [-0.1, -0.05) is 30.3 Å². The van der Waals surface area contributed by atoms with Gasteiger partial charge in [-0.3, -0.25) is 5.32 Å². The van der Waals surface area contributed by atoms with E-state index in [1.807, 2.05) is 30.3 Å². The molecule has 0 unspecified atom stereocenters. The highest BCUT2D eigenvalue weighted by Crippen LogP contribution is 2.20. The van der Waals surface area contributed by atoms with Crippen molar-refractivity contribution in [2.24, 2.45) is 0 Å². The van der Waals surface area contributed by atoms with E-state index in [-0.39, 0.29) is 0 Å². The average Bonchev–Trinajstić information content (AvgIpc) is 2.38. The summed E-state index contributed by atoms with van der Waals surface area (Å²) in [6, 6.07) is 11.5. The summed E-state index contributed by atoms with van der Waals surface area (Å²) in [6.07, 6.45) is 1.10. The molecule has 2 aromatic rings. The molecule has 0 aliphatic carbocycles. The molecule has 1 amide bonds. The molecule has 0 spiro atoms. The molecule has 0 saturated carbocycles. The molecule has 104 valence electrons. The predicted molar refractivity (Wildman–Crippen MR) is 77.3 cm³/mol. The number of ether oxygens (including phenoxy) is 1. The van der Waals surface area contributed by atoms with Crippen molar-refractivity contribution >= 4 is 11.9 Å². The smallest absolute Gasteiger partial charge is 0.413 e. The fraction of sp³-hybridized carbons (Fsp3) is 0.267. The lowest BCUT2D eigenvalue weighted by atomic mass is 10.1. The summed E-state index contributed by atoms with van der Waals surface area (Å²) in [7, 11) is 0. The molecule has 0 fully saturated rings. The number of nitrogens with one attached hydrogen (secondary N) is 1. The van der Waals surface area contributed by atoms with Crippen LogP contribution in [0, 0.1) is 0 Å². The number of amides is 1.